The van der Waals surface area contributed by atoms with Crippen LogP contribution in [-0.2, 0) is 4.74 Å². The molecule has 0 atom stereocenters. The van der Waals surface area contributed by atoms with Gasteiger partial charge in [-0.1, -0.05) is 0 Å². The van der Waals surface area contributed by atoms with E-state index in [-0.39, 0.29) is 11.7 Å². The average molecular weight is 287 g/mol. The zero-order valence-corrected chi connectivity index (χ0v) is 11.5. The minimum Gasteiger partial charge on any atom is -0.481 e. The van der Waals surface area contributed by atoms with E-state index >= 15 is 0 Å². The molecule has 0 saturated heterocycles. The molecule has 0 bridgehead atoms. The van der Waals surface area contributed by atoms with Crippen LogP contribution in [0, 0.1) is 0 Å². The van der Waals surface area contributed by atoms with E-state index in [1.165, 1.54) is 38.7 Å². The summed E-state index contributed by atoms with van der Waals surface area (Å²) >= 11 is 0. The first-order chi connectivity index (χ1) is 10.1. The van der Waals surface area contributed by atoms with E-state index in [4.69, 9.17) is 4.74 Å². The van der Waals surface area contributed by atoms with Gasteiger partial charge in [0.2, 0.25) is 5.88 Å². The first kappa shape index (κ1) is 14.4. The summed E-state index contributed by atoms with van der Waals surface area (Å²) in [5.74, 6) is -0.227. The Bertz CT molecular complexity index is 656. The average Bonchev–Trinajstić information content (AvgIpc) is 2.54. The van der Waals surface area contributed by atoms with E-state index in [0.717, 1.165) is 0 Å². The van der Waals surface area contributed by atoms with Crippen LogP contribution in [0.3, 0.4) is 0 Å². The summed E-state index contributed by atoms with van der Waals surface area (Å²) in [5, 5.41) is 2.58. The highest BCUT2D eigenvalue weighted by atomic mass is 16.5. The van der Waals surface area contributed by atoms with Gasteiger partial charge < -0.3 is 14.8 Å². The minimum absolute atomic E-state index is 0.249. The molecule has 2 rings (SSSR count). The van der Waals surface area contributed by atoms with Crippen LogP contribution < -0.4 is 10.1 Å². The number of methoxy groups -OCH3 is 2. The topological polar surface area (TPSA) is 90.4 Å². The number of anilines is 1. The fourth-order valence-electron chi connectivity index (χ4n) is 1.57. The second kappa shape index (κ2) is 6.47. The second-order valence-corrected chi connectivity index (χ2v) is 3.96. The Morgan fingerprint density at radius 1 is 1.10 bits per heavy atom. The molecule has 2 heterocycles. The molecule has 0 aliphatic carbocycles. The van der Waals surface area contributed by atoms with Gasteiger partial charge in [-0.2, -0.15) is 0 Å². The number of esters is 1. The third-order valence-corrected chi connectivity index (χ3v) is 2.63. The normalized spacial score (nSPS) is 9.81. The van der Waals surface area contributed by atoms with Crippen molar-refractivity contribution in [3.05, 3.63) is 47.8 Å². The van der Waals surface area contributed by atoms with E-state index in [0.29, 0.717) is 17.0 Å². The van der Waals surface area contributed by atoms with E-state index in [9.17, 15) is 9.59 Å². The van der Waals surface area contributed by atoms with Crippen LogP contribution in [0.2, 0.25) is 0 Å². The van der Waals surface area contributed by atoms with E-state index in [1.807, 2.05) is 0 Å². The lowest BCUT2D eigenvalue weighted by Gasteiger charge is -2.06. The molecule has 1 amide bonds. The number of nitrogens with one attached hydrogen (secondary N) is 1. The van der Waals surface area contributed by atoms with Crippen molar-refractivity contribution in [2.24, 2.45) is 0 Å². The lowest BCUT2D eigenvalue weighted by molar-refractivity contribution is 0.0600. The number of nitrogens with zero attached hydrogens (tertiary/aromatic N) is 2. The van der Waals surface area contributed by atoms with Crippen LogP contribution in [0.4, 0.5) is 5.82 Å². The van der Waals surface area contributed by atoms with Gasteiger partial charge in [0.05, 0.1) is 25.3 Å². The van der Waals surface area contributed by atoms with Gasteiger partial charge in [-0.25, -0.2) is 14.8 Å². The number of aromatic nitrogens is 2. The van der Waals surface area contributed by atoms with Gasteiger partial charge in [-0.15, -0.1) is 0 Å². The number of hydrogen-bond acceptors (Lipinski definition) is 6. The van der Waals surface area contributed by atoms with Crippen LogP contribution >= 0.6 is 0 Å². The summed E-state index contributed by atoms with van der Waals surface area (Å²) in [5.41, 5.74) is 0.650. The van der Waals surface area contributed by atoms with Crippen LogP contribution in [0.15, 0.2) is 36.7 Å². The molecule has 2 aromatic heterocycles. The summed E-state index contributed by atoms with van der Waals surface area (Å²) < 4.78 is 9.52. The molecular weight excluding hydrogens is 274 g/mol. The van der Waals surface area contributed by atoms with E-state index in [2.05, 4.69) is 20.0 Å². The smallest absolute Gasteiger partial charge is 0.338 e. The maximum absolute atomic E-state index is 12.0. The largest absolute Gasteiger partial charge is 0.481 e. The number of amides is 1. The summed E-state index contributed by atoms with van der Waals surface area (Å²) in [6.07, 6.45) is 2.80. The van der Waals surface area contributed by atoms with Crippen molar-refractivity contribution in [1.82, 2.24) is 9.97 Å². The fourth-order valence-corrected chi connectivity index (χ4v) is 1.57. The second-order valence-electron chi connectivity index (χ2n) is 3.96. The Kier molecular flexibility index (Phi) is 4.45. The third-order valence-electron chi connectivity index (χ3n) is 2.63. The first-order valence-corrected chi connectivity index (χ1v) is 6.00. The molecule has 2 aromatic rings. The predicted octanol–water partition coefficient (Wildman–Crippen LogP) is 1.52. The molecule has 108 valence electrons. The highest BCUT2D eigenvalue weighted by Gasteiger charge is 2.10. The quantitative estimate of drug-likeness (QED) is 0.857. The van der Waals surface area contributed by atoms with Crippen molar-refractivity contribution in [3.8, 4) is 5.88 Å². The van der Waals surface area contributed by atoms with Gasteiger partial charge >= 0.3 is 5.97 Å². The number of ether oxygens (including phenoxy) is 2. The SMILES string of the molecule is COC(=O)c1ccnc(NC(=O)c2ccc(OC)nc2)c1. The maximum atomic E-state index is 12.0. The molecule has 0 unspecified atom stereocenters. The lowest BCUT2D eigenvalue weighted by atomic mass is 10.2. The van der Waals surface area contributed by atoms with Gasteiger partial charge in [-0.3, -0.25) is 4.79 Å². The van der Waals surface area contributed by atoms with Gasteiger partial charge in [0.1, 0.15) is 5.82 Å². The Hall–Kier alpha value is -2.96. The molecule has 21 heavy (non-hydrogen) atoms. The highest BCUT2D eigenvalue weighted by Crippen LogP contribution is 2.11. The summed E-state index contributed by atoms with van der Waals surface area (Å²) in [7, 11) is 2.77. The fraction of sp³-hybridized carbons (Fsp3) is 0.143. The van der Waals surface area contributed by atoms with Crippen molar-refractivity contribution < 1.29 is 19.1 Å². The summed E-state index contributed by atoms with van der Waals surface area (Å²) in [6, 6.07) is 6.08. The Morgan fingerprint density at radius 2 is 1.90 bits per heavy atom. The first-order valence-electron chi connectivity index (χ1n) is 6.00. The molecule has 0 spiro atoms. The summed E-state index contributed by atoms with van der Waals surface area (Å²) in [4.78, 5) is 31.3. The minimum atomic E-state index is -0.501. The number of pyridine rings is 2. The van der Waals surface area contributed by atoms with Gasteiger partial charge in [0.25, 0.3) is 5.91 Å². The number of rotatable bonds is 4. The highest BCUT2D eigenvalue weighted by molar-refractivity contribution is 6.04. The van der Waals surface area contributed by atoms with E-state index in [1.54, 1.807) is 12.1 Å². The van der Waals surface area contributed by atoms with Crippen molar-refractivity contribution in [2.75, 3.05) is 19.5 Å². The Labute approximate surface area is 120 Å². The molecule has 0 fully saturated rings. The molecule has 0 radical (unpaired) electrons. The van der Waals surface area contributed by atoms with Crippen molar-refractivity contribution >= 4 is 17.7 Å². The number of hydrogen-bond donors (Lipinski definition) is 1. The van der Waals surface area contributed by atoms with E-state index < -0.39 is 5.97 Å². The molecule has 7 nitrogen and oxygen atoms in total. The van der Waals surface area contributed by atoms with Crippen LogP contribution in [0.5, 0.6) is 5.88 Å². The number of carbonyl (C=O) groups is 2. The molecule has 0 aromatic carbocycles. The Morgan fingerprint density at radius 3 is 2.52 bits per heavy atom. The molecule has 0 aliphatic heterocycles. The molecule has 7 heteroatoms. The Balaban J connectivity index is 2.13. The molecular formula is C14H13N3O4. The zero-order valence-electron chi connectivity index (χ0n) is 11.5. The van der Waals surface area contributed by atoms with Crippen LogP contribution in [0.1, 0.15) is 20.7 Å². The monoisotopic (exact) mass is 287 g/mol. The molecule has 1 N–H and O–H groups in total. The maximum Gasteiger partial charge on any atom is 0.338 e. The van der Waals surface area contributed by atoms with Crippen molar-refractivity contribution in [1.29, 1.82) is 0 Å². The zero-order chi connectivity index (χ0) is 15.2. The number of carbonyl (C=O) groups excluding carboxylic acids is 2. The van der Waals surface area contributed by atoms with Crippen molar-refractivity contribution in [3.63, 3.8) is 0 Å². The molecule has 0 saturated carbocycles. The molecule has 0 aliphatic rings. The standard InChI is InChI=1S/C14H13N3O4/c1-20-12-4-3-10(8-16-12)13(18)17-11-7-9(5-6-15-11)14(19)21-2/h3-8H,1-2H3,(H,15,17,18). The van der Waals surface area contributed by atoms with Crippen LogP contribution in [0.25, 0.3) is 0 Å². The lowest BCUT2D eigenvalue weighted by Crippen LogP contribution is -2.14. The third kappa shape index (κ3) is 3.53. The van der Waals surface area contributed by atoms with Gasteiger partial charge in [-0.05, 0) is 18.2 Å². The van der Waals surface area contributed by atoms with Gasteiger partial charge in [0, 0.05) is 18.5 Å². The van der Waals surface area contributed by atoms with Gasteiger partial charge in [0.15, 0.2) is 0 Å². The van der Waals surface area contributed by atoms with Crippen molar-refractivity contribution in [2.45, 2.75) is 0 Å². The predicted molar refractivity (Wildman–Crippen MR) is 74.3 cm³/mol. The summed E-state index contributed by atoms with van der Waals surface area (Å²) in [6.45, 7) is 0. The van der Waals surface area contributed by atoms with Crippen LogP contribution in [-0.4, -0.2) is 36.1 Å².